The maximum atomic E-state index is 11.8. The van der Waals surface area contributed by atoms with Gasteiger partial charge in [0.1, 0.15) is 0 Å². The van der Waals surface area contributed by atoms with Crippen LogP contribution in [-0.2, 0) is 5.41 Å². The second-order valence-corrected chi connectivity index (χ2v) is 6.79. The number of rotatable bonds is 2. The number of benzene rings is 1. The first-order valence-electron chi connectivity index (χ1n) is 8.39. The van der Waals surface area contributed by atoms with E-state index < -0.39 is 0 Å². The van der Waals surface area contributed by atoms with Gasteiger partial charge in [0.05, 0.1) is 6.04 Å². The SMILES string of the molecule is CCN1CCC2(CC1)C[C@@H](NC(=O)NC)c1cc(C)ccc12. The summed E-state index contributed by atoms with van der Waals surface area (Å²) in [6.07, 6.45) is 3.43. The fraction of sp³-hybridized carbons (Fsp3) is 0.611. The molecule has 1 spiro atoms. The van der Waals surface area contributed by atoms with E-state index >= 15 is 0 Å². The van der Waals surface area contributed by atoms with E-state index in [9.17, 15) is 4.79 Å². The fourth-order valence-corrected chi connectivity index (χ4v) is 4.19. The largest absolute Gasteiger partial charge is 0.341 e. The number of nitrogens with zero attached hydrogens (tertiary/aromatic N) is 1. The molecule has 0 bridgehead atoms. The van der Waals surface area contributed by atoms with E-state index in [0.29, 0.717) is 0 Å². The average molecular weight is 301 g/mol. The molecule has 120 valence electrons. The summed E-state index contributed by atoms with van der Waals surface area (Å²) in [5.41, 5.74) is 4.31. The van der Waals surface area contributed by atoms with Gasteiger partial charge in [-0.2, -0.15) is 0 Å². The Labute approximate surface area is 133 Å². The lowest BCUT2D eigenvalue weighted by molar-refractivity contribution is 0.159. The van der Waals surface area contributed by atoms with Crippen molar-refractivity contribution in [3.05, 3.63) is 34.9 Å². The Morgan fingerprint density at radius 1 is 1.36 bits per heavy atom. The van der Waals surface area contributed by atoms with Crippen LogP contribution in [0, 0.1) is 6.92 Å². The standard InChI is InChI=1S/C18H27N3O/c1-4-21-9-7-18(8-10-21)12-16(20-17(22)19-3)14-11-13(2)5-6-15(14)18/h5-6,11,16H,4,7-10,12H2,1-3H3,(H2,19,20,22)/t16-/m1/s1. The quantitative estimate of drug-likeness (QED) is 0.882. The summed E-state index contributed by atoms with van der Waals surface area (Å²) in [7, 11) is 1.68. The smallest absolute Gasteiger partial charge is 0.315 e. The van der Waals surface area contributed by atoms with Gasteiger partial charge in [-0.1, -0.05) is 30.7 Å². The molecule has 0 unspecified atom stereocenters. The van der Waals surface area contributed by atoms with Crippen LogP contribution in [0.15, 0.2) is 18.2 Å². The highest BCUT2D eigenvalue weighted by atomic mass is 16.2. The van der Waals surface area contributed by atoms with E-state index in [-0.39, 0.29) is 17.5 Å². The summed E-state index contributed by atoms with van der Waals surface area (Å²) in [4.78, 5) is 14.3. The second kappa shape index (κ2) is 5.92. The van der Waals surface area contributed by atoms with Gasteiger partial charge in [0.25, 0.3) is 0 Å². The van der Waals surface area contributed by atoms with E-state index in [0.717, 1.165) is 26.1 Å². The Kier molecular flexibility index (Phi) is 4.13. The molecule has 4 nitrogen and oxygen atoms in total. The molecule has 0 saturated carbocycles. The molecule has 1 heterocycles. The monoisotopic (exact) mass is 301 g/mol. The molecule has 2 N–H and O–H groups in total. The van der Waals surface area contributed by atoms with Crippen molar-refractivity contribution in [1.29, 1.82) is 0 Å². The van der Waals surface area contributed by atoms with Gasteiger partial charge in [0, 0.05) is 12.5 Å². The van der Waals surface area contributed by atoms with Crippen molar-refractivity contribution in [1.82, 2.24) is 15.5 Å². The van der Waals surface area contributed by atoms with Gasteiger partial charge in [-0.05, 0) is 56.9 Å². The maximum absolute atomic E-state index is 11.8. The number of fused-ring (bicyclic) bond motifs is 2. The molecule has 1 saturated heterocycles. The average Bonchev–Trinajstić information content (AvgIpc) is 2.81. The number of hydrogen-bond donors (Lipinski definition) is 2. The Balaban J connectivity index is 1.90. The molecule has 22 heavy (non-hydrogen) atoms. The van der Waals surface area contributed by atoms with Gasteiger partial charge in [-0.25, -0.2) is 4.79 Å². The Bertz CT molecular complexity index is 561. The second-order valence-electron chi connectivity index (χ2n) is 6.79. The summed E-state index contributed by atoms with van der Waals surface area (Å²) in [6, 6.07) is 6.84. The van der Waals surface area contributed by atoms with Crippen LogP contribution in [0.25, 0.3) is 0 Å². The molecule has 0 aromatic heterocycles. The zero-order valence-corrected chi connectivity index (χ0v) is 13.9. The predicted octanol–water partition coefficient (Wildman–Crippen LogP) is 2.72. The molecular formula is C18H27N3O. The van der Waals surface area contributed by atoms with Crippen molar-refractivity contribution < 1.29 is 4.79 Å². The highest BCUT2D eigenvalue weighted by Gasteiger charge is 2.45. The highest BCUT2D eigenvalue weighted by Crippen LogP contribution is 2.50. The van der Waals surface area contributed by atoms with Crippen LogP contribution in [0.1, 0.15) is 48.9 Å². The third-order valence-electron chi connectivity index (χ3n) is 5.54. The molecular weight excluding hydrogens is 274 g/mol. The Morgan fingerprint density at radius 2 is 2.09 bits per heavy atom. The normalized spacial score (nSPS) is 23.3. The van der Waals surface area contributed by atoms with Crippen LogP contribution in [-0.4, -0.2) is 37.6 Å². The van der Waals surface area contributed by atoms with Gasteiger partial charge in [0.2, 0.25) is 0 Å². The number of amides is 2. The summed E-state index contributed by atoms with van der Waals surface area (Å²) in [5, 5.41) is 5.83. The molecule has 1 aliphatic heterocycles. The zero-order chi connectivity index (χ0) is 15.7. The van der Waals surface area contributed by atoms with Gasteiger partial charge in [-0.15, -0.1) is 0 Å². The predicted molar refractivity (Wildman–Crippen MR) is 89.2 cm³/mol. The number of hydrogen-bond acceptors (Lipinski definition) is 2. The van der Waals surface area contributed by atoms with Gasteiger partial charge in [-0.3, -0.25) is 0 Å². The van der Waals surface area contributed by atoms with Gasteiger partial charge < -0.3 is 15.5 Å². The third kappa shape index (κ3) is 2.60. The van der Waals surface area contributed by atoms with Crippen LogP contribution in [0.2, 0.25) is 0 Å². The molecule has 1 atom stereocenters. The first-order chi connectivity index (χ1) is 10.6. The summed E-state index contributed by atoms with van der Waals surface area (Å²) >= 11 is 0. The molecule has 2 amide bonds. The lowest BCUT2D eigenvalue weighted by atomic mass is 9.73. The topological polar surface area (TPSA) is 44.4 Å². The number of aryl methyl sites for hydroxylation is 1. The number of nitrogens with one attached hydrogen (secondary N) is 2. The van der Waals surface area contributed by atoms with Gasteiger partial charge >= 0.3 is 6.03 Å². The lowest BCUT2D eigenvalue weighted by Gasteiger charge is -2.40. The van der Waals surface area contributed by atoms with Gasteiger partial charge in [0.15, 0.2) is 0 Å². The van der Waals surface area contributed by atoms with Crippen LogP contribution in [0.3, 0.4) is 0 Å². The molecule has 1 fully saturated rings. The van der Waals surface area contributed by atoms with Crippen molar-refractivity contribution in [3.63, 3.8) is 0 Å². The lowest BCUT2D eigenvalue weighted by Crippen LogP contribution is -2.42. The molecule has 2 aliphatic rings. The third-order valence-corrected chi connectivity index (χ3v) is 5.54. The van der Waals surface area contributed by atoms with E-state index in [1.165, 1.54) is 29.5 Å². The van der Waals surface area contributed by atoms with Crippen LogP contribution in [0.4, 0.5) is 4.79 Å². The minimum absolute atomic E-state index is 0.0829. The number of carbonyl (C=O) groups excluding carboxylic acids is 1. The molecule has 4 heteroatoms. The molecule has 1 aromatic carbocycles. The summed E-state index contributed by atoms with van der Waals surface area (Å²) < 4.78 is 0. The van der Waals surface area contributed by atoms with E-state index in [1.807, 2.05) is 0 Å². The molecule has 1 aromatic rings. The first-order valence-corrected chi connectivity index (χ1v) is 8.39. The van der Waals surface area contributed by atoms with Crippen molar-refractivity contribution in [2.24, 2.45) is 0 Å². The molecule has 3 rings (SSSR count). The van der Waals surface area contributed by atoms with Crippen LogP contribution >= 0.6 is 0 Å². The minimum atomic E-state index is -0.0829. The van der Waals surface area contributed by atoms with E-state index in [4.69, 9.17) is 0 Å². The van der Waals surface area contributed by atoms with Crippen LogP contribution < -0.4 is 10.6 Å². The van der Waals surface area contributed by atoms with Crippen molar-refractivity contribution >= 4 is 6.03 Å². The van der Waals surface area contributed by atoms with E-state index in [1.54, 1.807) is 7.05 Å². The van der Waals surface area contributed by atoms with Crippen molar-refractivity contribution in [3.8, 4) is 0 Å². The van der Waals surface area contributed by atoms with Crippen molar-refractivity contribution in [2.75, 3.05) is 26.7 Å². The Hall–Kier alpha value is -1.55. The zero-order valence-electron chi connectivity index (χ0n) is 13.9. The Morgan fingerprint density at radius 3 is 2.73 bits per heavy atom. The number of carbonyl (C=O) groups is 1. The maximum Gasteiger partial charge on any atom is 0.315 e. The molecule has 0 radical (unpaired) electrons. The highest BCUT2D eigenvalue weighted by molar-refractivity contribution is 5.74. The number of urea groups is 1. The van der Waals surface area contributed by atoms with E-state index in [2.05, 4.69) is 47.6 Å². The number of piperidine rings is 1. The molecule has 1 aliphatic carbocycles. The van der Waals surface area contributed by atoms with Crippen molar-refractivity contribution in [2.45, 2.75) is 44.6 Å². The minimum Gasteiger partial charge on any atom is -0.341 e. The fourth-order valence-electron chi connectivity index (χ4n) is 4.19. The number of likely N-dealkylation sites (tertiary alicyclic amines) is 1. The first kappa shape index (κ1) is 15.3. The summed E-state index contributed by atoms with van der Waals surface area (Å²) in [5.74, 6) is 0. The van der Waals surface area contributed by atoms with Crippen LogP contribution in [0.5, 0.6) is 0 Å². The summed E-state index contributed by atoms with van der Waals surface area (Å²) in [6.45, 7) is 7.82.